The molecule has 0 saturated carbocycles. The largest absolute Gasteiger partial charge is 0.508 e. The highest BCUT2D eigenvalue weighted by Gasteiger charge is 2.37. The first-order chi connectivity index (χ1) is 17.5. The number of nitrogens with two attached hydrogens (primary N) is 2. The zero-order valence-corrected chi connectivity index (χ0v) is 22.0. The molecule has 3 amide bonds. The number of phenolic OH excluding ortho intramolecular Hbond substituents is 1. The second-order valence-corrected chi connectivity index (χ2v) is 9.73. The minimum atomic E-state index is -1.16. The van der Waals surface area contributed by atoms with Crippen molar-refractivity contribution in [2.75, 3.05) is 17.2 Å². The molecule has 1 heterocycles. The van der Waals surface area contributed by atoms with Gasteiger partial charge in [0.1, 0.15) is 22.4 Å². The summed E-state index contributed by atoms with van der Waals surface area (Å²) in [5, 5.41) is 12.9. The van der Waals surface area contributed by atoms with Crippen LogP contribution in [-0.4, -0.2) is 39.3 Å². The van der Waals surface area contributed by atoms with Gasteiger partial charge in [0.2, 0.25) is 5.91 Å². The molecule has 10 nitrogen and oxygen atoms in total. The number of nitrogens with zero attached hydrogens (tertiary/aromatic N) is 2. The molecule has 2 aromatic carbocycles. The predicted molar refractivity (Wildman–Crippen MR) is 143 cm³/mol. The van der Waals surface area contributed by atoms with Crippen molar-refractivity contribution < 1.29 is 24.2 Å². The van der Waals surface area contributed by atoms with E-state index >= 15 is 0 Å². The Bertz CT molecular complexity index is 1270. The molecule has 0 bridgehead atoms. The van der Waals surface area contributed by atoms with Crippen LogP contribution in [0, 0.1) is 0 Å². The van der Waals surface area contributed by atoms with Gasteiger partial charge < -0.3 is 26.6 Å². The SMILES string of the molecule is CCOc1ccc(N(C(=O)c2snc(C(N)=O)c2N)[C@H](C(=O)NC(C)(C)CC)c2ccc(O)cc2)cc1. The van der Waals surface area contributed by atoms with Gasteiger partial charge in [0.05, 0.1) is 12.3 Å². The van der Waals surface area contributed by atoms with Gasteiger partial charge in [-0.2, -0.15) is 4.37 Å². The lowest BCUT2D eigenvalue weighted by molar-refractivity contribution is -0.124. The number of amides is 3. The number of aromatic hydroxyl groups is 1. The molecule has 3 aromatic rings. The lowest BCUT2D eigenvalue weighted by Gasteiger charge is -2.34. The molecule has 0 radical (unpaired) electrons. The Kier molecular flexibility index (Phi) is 8.38. The Balaban J connectivity index is 2.22. The second-order valence-electron chi connectivity index (χ2n) is 8.96. The Morgan fingerprint density at radius 3 is 2.24 bits per heavy atom. The number of hydrogen-bond acceptors (Lipinski definition) is 8. The number of anilines is 2. The van der Waals surface area contributed by atoms with Crippen LogP contribution in [-0.2, 0) is 4.79 Å². The van der Waals surface area contributed by atoms with E-state index in [9.17, 15) is 19.5 Å². The summed E-state index contributed by atoms with van der Waals surface area (Å²) in [5.41, 5.74) is 11.3. The fourth-order valence-corrected chi connectivity index (χ4v) is 4.30. The van der Waals surface area contributed by atoms with Gasteiger partial charge >= 0.3 is 0 Å². The summed E-state index contributed by atoms with van der Waals surface area (Å²) in [5.74, 6) is -1.36. The molecule has 1 atom stereocenters. The molecule has 196 valence electrons. The number of phenols is 1. The fraction of sp³-hybridized carbons (Fsp3) is 0.308. The van der Waals surface area contributed by atoms with E-state index in [1.807, 2.05) is 27.7 Å². The first kappa shape index (κ1) is 27.5. The number of carbonyl (C=O) groups excluding carboxylic acids is 3. The zero-order valence-electron chi connectivity index (χ0n) is 21.1. The van der Waals surface area contributed by atoms with Gasteiger partial charge in [0.15, 0.2) is 5.69 Å². The third kappa shape index (κ3) is 6.18. The maximum atomic E-state index is 14.0. The highest BCUT2D eigenvalue weighted by atomic mass is 32.1. The number of nitrogen functional groups attached to an aromatic ring is 1. The maximum Gasteiger partial charge on any atom is 0.273 e. The fourth-order valence-electron chi connectivity index (χ4n) is 3.56. The van der Waals surface area contributed by atoms with Crippen molar-refractivity contribution in [2.45, 2.75) is 45.7 Å². The van der Waals surface area contributed by atoms with Gasteiger partial charge in [0.25, 0.3) is 11.8 Å². The van der Waals surface area contributed by atoms with Gasteiger partial charge in [-0.25, -0.2) is 0 Å². The van der Waals surface area contributed by atoms with E-state index in [1.165, 1.54) is 17.0 Å². The third-order valence-corrected chi connectivity index (χ3v) is 6.71. The lowest BCUT2D eigenvalue weighted by atomic mass is 9.98. The van der Waals surface area contributed by atoms with Gasteiger partial charge in [-0.1, -0.05) is 19.1 Å². The van der Waals surface area contributed by atoms with Crippen molar-refractivity contribution in [2.24, 2.45) is 5.73 Å². The summed E-state index contributed by atoms with van der Waals surface area (Å²) in [4.78, 5) is 40.8. The monoisotopic (exact) mass is 525 g/mol. The summed E-state index contributed by atoms with van der Waals surface area (Å²) < 4.78 is 9.48. The highest BCUT2D eigenvalue weighted by molar-refractivity contribution is 7.09. The van der Waals surface area contributed by atoms with E-state index in [-0.39, 0.29) is 22.0 Å². The number of hydrogen-bond donors (Lipinski definition) is 4. The molecule has 0 aliphatic heterocycles. The molecule has 0 unspecified atom stereocenters. The molecular weight excluding hydrogens is 494 g/mol. The van der Waals surface area contributed by atoms with Gasteiger partial charge in [-0.3, -0.25) is 19.3 Å². The second kappa shape index (κ2) is 11.3. The van der Waals surface area contributed by atoms with E-state index < -0.39 is 29.3 Å². The molecule has 0 aliphatic carbocycles. The number of nitrogens with one attached hydrogen (secondary N) is 1. The van der Waals surface area contributed by atoms with Crippen molar-refractivity contribution in [3.8, 4) is 11.5 Å². The normalized spacial score (nSPS) is 12.0. The molecule has 0 saturated heterocycles. The zero-order chi connectivity index (χ0) is 27.3. The van der Waals surface area contributed by atoms with Crippen LogP contribution >= 0.6 is 11.5 Å². The van der Waals surface area contributed by atoms with E-state index in [0.29, 0.717) is 30.0 Å². The minimum absolute atomic E-state index is 0.00791. The summed E-state index contributed by atoms with van der Waals surface area (Å²) in [6.07, 6.45) is 0.641. The van der Waals surface area contributed by atoms with Crippen LogP contribution in [0.15, 0.2) is 48.5 Å². The van der Waals surface area contributed by atoms with Gasteiger partial charge in [0, 0.05) is 11.2 Å². The third-order valence-electron chi connectivity index (χ3n) is 5.86. The Labute approximate surface area is 219 Å². The van der Waals surface area contributed by atoms with Crippen LogP contribution in [0.1, 0.15) is 65.9 Å². The molecule has 0 aliphatic rings. The van der Waals surface area contributed by atoms with E-state index in [2.05, 4.69) is 9.69 Å². The smallest absolute Gasteiger partial charge is 0.273 e. The van der Waals surface area contributed by atoms with E-state index in [4.69, 9.17) is 16.2 Å². The van der Waals surface area contributed by atoms with Crippen LogP contribution in [0.3, 0.4) is 0 Å². The van der Waals surface area contributed by atoms with Gasteiger partial charge in [-0.05, 0) is 80.7 Å². The average molecular weight is 526 g/mol. The maximum absolute atomic E-state index is 14.0. The molecule has 0 spiro atoms. The van der Waals surface area contributed by atoms with Crippen LogP contribution in [0.5, 0.6) is 11.5 Å². The number of ether oxygens (including phenoxy) is 1. The average Bonchev–Trinajstić information content (AvgIpc) is 3.25. The molecule has 3 rings (SSSR count). The summed E-state index contributed by atoms with van der Waals surface area (Å²) in [6.45, 7) is 8.01. The first-order valence-corrected chi connectivity index (χ1v) is 12.5. The summed E-state index contributed by atoms with van der Waals surface area (Å²) in [7, 11) is 0. The Morgan fingerprint density at radius 2 is 1.73 bits per heavy atom. The Hall–Kier alpha value is -4.12. The number of rotatable bonds is 10. The van der Waals surface area contributed by atoms with Gasteiger partial charge in [-0.15, -0.1) is 0 Å². The van der Waals surface area contributed by atoms with Crippen molar-refractivity contribution in [3.63, 3.8) is 0 Å². The first-order valence-electron chi connectivity index (χ1n) is 11.7. The minimum Gasteiger partial charge on any atom is -0.508 e. The van der Waals surface area contributed by atoms with Crippen molar-refractivity contribution >= 4 is 40.6 Å². The molecule has 1 aromatic heterocycles. The molecule has 37 heavy (non-hydrogen) atoms. The molecule has 11 heteroatoms. The standard InChI is InChI=1S/C26H31N5O5S/c1-5-26(3,4)29-24(34)21(15-7-11-17(32)12-8-15)31(16-9-13-18(14-10-16)36-6-2)25(35)22-19(27)20(23(28)33)30-37-22/h7-14,21,32H,5-6,27H2,1-4H3,(H2,28,33)(H,29,34)/t21-/m0/s1. The van der Waals surface area contributed by atoms with E-state index in [0.717, 1.165) is 11.5 Å². The van der Waals surface area contributed by atoms with Crippen LogP contribution in [0.2, 0.25) is 0 Å². The highest BCUT2D eigenvalue weighted by Crippen LogP contribution is 2.35. The van der Waals surface area contributed by atoms with Crippen LogP contribution in [0.4, 0.5) is 11.4 Å². The van der Waals surface area contributed by atoms with Crippen molar-refractivity contribution in [1.82, 2.24) is 9.69 Å². The summed E-state index contributed by atoms with van der Waals surface area (Å²) >= 11 is 0.728. The molecule has 0 fully saturated rings. The molecular formula is C26H31N5O5S. The number of primary amides is 1. The van der Waals surface area contributed by atoms with Crippen LogP contribution in [0.25, 0.3) is 0 Å². The van der Waals surface area contributed by atoms with Crippen LogP contribution < -0.4 is 26.4 Å². The van der Waals surface area contributed by atoms with Crippen molar-refractivity contribution in [3.05, 3.63) is 64.7 Å². The summed E-state index contributed by atoms with van der Waals surface area (Å²) in [6, 6.07) is 11.5. The topological polar surface area (TPSA) is 161 Å². The predicted octanol–water partition coefficient (Wildman–Crippen LogP) is 3.62. The quantitative estimate of drug-likeness (QED) is 0.314. The van der Waals surface area contributed by atoms with E-state index in [1.54, 1.807) is 36.4 Å². The Morgan fingerprint density at radius 1 is 1.11 bits per heavy atom. The number of aromatic nitrogens is 1. The lowest BCUT2D eigenvalue weighted by Crippen LogP contribution is -2.50. The number of carbonyl (C=O) groups is 3. The van der Waals surface area contributed by atoms with Crippen molar-refractivity contribution in [1.29, 1.82) is 0 Å². The molecule has 6 N–H and O–H groups in total. The number of benzene rings is 2.